The predicted molar refractivity (Wildman–Crippen MR) is 72.4 cm³/mol. The summed E-state index contributed by atoms with van der Waals surface area (Å²) >= 11 is 0. The highest BCUT2D eigenvalue weighted by atomic mass is 16.5. The highest BCUT2D eigenvalue weighted by molar-refractivity contribution is 6.08. The fourth-order valence-corrected chi connectivity index (χ4v) is 1.40. The van der Waals surface area contributed by atoms with Crippen LogP contribution in [0.4, 0.5) is 5.69 Å². The number of esters is 1. The number of methoxy groups -OCH3 is 1. The van der Waals surface area contributed by atoms with E-state index in [0.717, 1.165) is 0 Å². The largest absolute Gasteiger partial charge is 0.478 e. The number of hydrogen-bond donors (Lipinski definition) is 2. The molecule has 0 radical (unpaired) electrons. The van der Waals surface area contributed by atoms with Crippen molar-refractivity contribution in [3.63, 3.8) is 0 Å². The number of rotatable bonds is 4. The van der Waals surface area contributed by atoms with Gasteiger partial charge in [0.2, 0.25) is 0 Å². The van der Waals surface area contributed by atoms with Crippen LogP contribution in [0.25, 0.3) is 0 Å². The summed E-state index contributed by atoms with van der Waals surface area (Å²) in [7, 11) is 1.26. The topological polar surface area (TPSA) is 92.7 Å². The Morgan fingerprint density at radius 3 is 2.35 bits per heavy atom. The minimum atomic E-state index is -1.15. The van der Waals surface area contributed by atoms with Crippen molar-refractivity contribution in [3.8, 4) is 0 Å². The van der Waals surface area contributed by atoms with Crippen LogP contribution in [0.2, 0.25) is 0 Å². The van der Waals surface area contributed by atoms with Crippen LogP contribution in [0.1, 0.15) is 24.2 Å². The summed E-state index contributed by atoms with van der Waals surface area (Å²) in [6.45, 7) is 2.77. The van der Waals surface area contributed by atoms with Gasteiger partial charge in [0.15, 0.2) is 0 Å². The van der Waals surface area contributed by atoms with Gasteiger partial charge < -0.3 is 15.2 Å². The Kier molecular flexibility index (Phi) is 5.02. The van der Waals surface area contributed by atoms with Crippen molar-refractivity contribution in [3.05, 3.63) is 41.0 Å². The van der Waals surface area contributed by atoms with Gasteiger partial charge in [0, 0.05) is 16.8 Å². The molecule has 2 N–H and O–H groups in total. The van der Waals surface area contributed by atoms with E-state index in [4.69, 9.17) is 5.11 Å². The number of carbonyl (C=O) groups is 3. The fourth-order valence-electron chi connectivity index (χ4n) is 1.40. The van der Waals surface area contributed by atoms with Gasteiger partial charge in [-0.15, -0.1) is 0 Å². The number of ether oxygens (including phenoxy) is 1. The lowest BCUT2D eigenvalue weighted by Crippen LogP contribution is -2.16. The third kappa shape index (κ3) is 3.68. The van der Waals surface area contributed by atoms with Gasteiger partial charge >= 0.3 is 11.9 Å². The quantitative estimate of drug-likeness (QED) is 0.647. The summed E-state index contributed by atoms with van der Waals surface area (Å²) in [5.41, 5.74) is 0.741. The summed E-state index contributed by atoms with van der Waals surface area (Å²) < 4.78 is 4.57. The van der Waals surface area contributed by atoms with E-state index in [1.165, 1.54) is 27.0 Å². The number of carboxylic acids is 1. The molecule has 1 aromatic rings. The van der Waals surface area contributed by atoms with Gasteiger partial charge in [-0.05, 0) is 32.0 Å². The zero-order chi connectivity index (χ0) is 15.3. The molecular formula is C14H15NO5. The van der Waals surface area contributed by atoms with E-state index in [1.54, 1.807) is 18.2 Å². The number of amides is 1. The molecule has 0 aliphatic rings. The minimum Gasteiger partial charge on any atom is -0.478 e. The van der Waals surface area contributed by atoms with Gasteiger partial charge in [-0.3, -0.25) is 4.79 Å². The first-order valence-electron chi connectivity index (χ1n) is 5.77. The van der Waals surface area contributed by atoms with E-state index in [0.29, 0.717) is 11.3 Å². The molecule has 1 amide bonds. The van der Waals surface area contributed by atoms with E-state index in [2.05, 4.69) is 10.1 Å². The molecule has 0 unspecified atom stereocenters. The van der Waals surface area contributed by atoms with E-state index < -0.39 is 17.8 Å². The first-order chi connectivity index (χ1) is 9.36. The van der Waals surface area contributed by atoms with Gasteiger partial charge in [0.1, 0.15) is 0 Å². The SMILES string of the molecule is COC(=O)c1cccc(NC(=O)C(C)=C(C)C(=O)O)c1. The van der Waals surface area contributed by atoms with Crippen LogP contribution in [0.3, 0.4) is 0 Å². The van der Waals surface area contributed by atoms with Crippen LogP contribution in [0, 0.1) is 0 Å². The highest BCUT2D eigenvalue weighted by Crippen LogP contribution is 2.14. The summed E-state index contributed by atoms with van der Waals surface area (Å²) in [6.07, 6.45) is 0. The second-order valence-corrected chi connectivity index (χ2v) is 4.08. The molecule has 0 fully saturated rings. The van der Waals surface area contributed by atoms with E-state index in [9.17, 15) is 14.4 Å². The second-order valence-electron chi connectivity index (χ2n) is 4.08. The van der Waals surface area contributed by atoms with Gasteiger partial charge in [0.25, 0.3) is 5.91 Å². The van der Waals surface area contributed by atoms with Crippen molar-refractivity contribution in [2.75, 3.05) is 12.4 Å². The first-order valence-corrected chi connectivity index (χ1v) is 5.77. The molecule has 1 rings (SSSR count). The maximum atomic E-state index is 11.9. The molecule has 0 aliphatic heterocycles. The summed E-state index contributed by atoms with van der Waals surface area (Å²) in [6, 6.07) is 6.18. The third-order valence-corrected chi connectivity index (χ3v) is 2.77. The molecule has 0 heterocycles. The van der Waals surface area contributed by atoms with E-state index in [-0.39, 0.29) is 11.1 Å². The number of hydrogen-bond acceptors (Lipinski definition) is 4. The normalized spacial score (nSPS) is 11.3. The van der Waals surface area contributed by atoms with Crippen molar-refractivity contribution in [1.29, 1.82) is 0 Å². The summed E-state index contributed by atoms with van der Waals surface area (Å²) in [5.74, 6) is -2.21. The molecule has 0 saturated carbocycles. The van der Waals surface area contributed by atoms with Crippen LogP contribution < -0.4 is 5.32 Å². The molecule has 0 atom stereocenters. The lowest BCUT2D eigenvalue weighted by molar-refractivity contribution is -0.133. The van der Waals surface area contributed by atoms with Crippen LogP contribution in [0.15, 0.2) is 35.4 Å². The van der Waals surface area contributed by atoms with E-state index >= 15 is 0 Å². The zero-order valence-corrected chi connectivity index (χ0v) is 11.4. The van der Waals surface area contributed by atoms with Gasteiger partial charge in [-0.2, -0.15) is 0 Å². The Bertz CT molecular complexity index is 589. The predicted octanol–water partition coefficient (Wildman–Crippen LogP) is 1.83. The van der Waals surface area contributed by atoms with Crippen LogP contribution in [-0.2, 0) is 14.3 Å². The number of carbonyl (C=O) groups excluding carboxylic acids is 2. The Hall–Kier alpha value is -2.63. The summed E-state index contributed by atoms with van der Waals surface area (Å²) in [5, 5.41) is 11.3. The van der Waals surface area contributed by atoms with Crippen molar-refractivity contribution in [2.24, 2.45) is 0 Å². The smallest absolute Gasteiger partial charge is 0.337 e. The maximum Gasteiger partial charge on any atom is 0.337 e. The Morgan fingerprint density at radius 1 is 1.15 bits per heavy atom. The molecular weight excluding hydrogens is 262 g/mol. The molecule has 1 aromatic carbocycles. The summed E-state index contributed by atoms with van der Waals surface area (Å²) in [4.78, 5) is 34.0. The van der Waals surface area contributed by atoms with Crippen molar-refractivity contribution in [2.45, 2.75) is 13.8 Å². The lowest BCUT2D eigenvalue weighted by atomic mass is 10.1. The number of anilines is 1. The molecule has 6 nitrogen and oxygen atoms in total. The van der Waals surface area contributed by atoms with Gasteiger partial charge in [-0.25, -0.2) is 9.59 Å². The standard InChI is InChI=1S/C14H15NO5/c1-8(9(2)13(17)18)12(16)15-11-6-4-5-10(7-11)14(19)20-3/h4-7H,1-3H3,(H,15,16)(H,17,18). The monoisotopic (exact) mass is 277 g/mol. The average Bonchev–Trinajstić information content (AvgIpc) is 2.44. The average molecular weight is 277 g/mol. The van der Waals surface area contributed by atoms with Crippen LogP contribution in [-0.4, -0.2) is 30.1 Å². The Labute approximate surface area is 116 Å². The molecule has 0 saturated heterocycles. The second kappa shape index (κ2) is 6.51. The maximum absolute atomic E-state index is 11.9. The third-order valence-electron chi connectivity index (χ3n) is 2.77. The highest BCUT2D eigenvalue weighted by Gasteiger charge is 2.13. The number of nitrogens with one attached hydrogen (secondary N) is 1. The van der Waals surface area contributed by atoms with Crippen LogP contribution in [0.5, 0.6) is 0 Å². The van der Waals surface area contributed by atoms with Crippen molar-refractivity contribution in [1.82, 2.24) is 0 Å². The van der Waals surface area contributed by atoms with Gasteiger partial charge in [0.05, 0.1) is 12.7 Å². The Morgan fingerprint density at radius 2 is 1.80 bits per heavy atom. The molecule has 6 heteroatoms. The number of carboxylic acid groups (broad SMARTS) is 1. The van der Waals surface area contributed by atoms with E-state index in [1.807, 2.05) is 0 Å². The lowest BCUT2D eigenvalue weighted by Gasteiger charge is -2.08. The molecule has 0 spiro atoms. The minimum absolute atomic E-state index is 0.0355. The van der Waals surface area contributed by atoms with Gasteiger partial charge in [-0.1, -0.05) is 6.07 Å². The molecule has 106 valence electrons. The molecule has 0 bridgehead atoms. The van der Waals surface area contributed by atoms with Crippen molar-refractivity contribution >= 4 is 23.5 Å². The number of benzene rings is 1. The van der Waals surface area contributed by atoms with Crippen LogP contribution >= 0.6 is 0 Å². The Balaban J connectivity index is 2.95. The zero-order valence-electron chi connectivity index (χ0n) is 11.4. The molecule has 0 aliphatic carbocycles. The first kappa shape index (κ1) is 15.4. The number of aliphatic carboxylic acids is 1. The van der Waals surface area contributed by atoms with Crippen molar-refractivity contribution < 1.29 is 24.2 Å². The molecule has 20 heavy (non-hydrogen) atoms. The fraction of sp³-hybridized carbons (Fsp3) is 0.214. The molecule has 0 aromatic heterocycles.